The minimum Gasteiger partial charge on any atom is -0.371 e. The number of hydrogen-bond acceptors (Lipinski definition) is 3. The van der Waals surface area contributed by atoms with E-state index in [9.17, 15) is 0 Å². The second kappa shape index (κ2) is 6.01. The van der Waals surface area contributed by atoms with Crippen LogP contribution in [0, 0.1) is 12.8 Å². The van der Waals surface area contributed by atoms with Crippen molar-refractivity contribution in [2.45, 2.75) is 26.2 Å². The highest BCUT2D eigenvalue weighted by Crippen LogP contribution is 2.26. The molecule has 17 heavy (non-hydrogen) atoms. The molecule has 0 amide bonds. The first kappa shape index (κ1) is 12.4. The van der Waals surface area contributed by atoms with Crippen molar-refractivity contribution in [3.8, 4) is 0 Å². The topological polar surface area (TPSA) is 28.2 Å². The van der Waals surface area contributed by atoms with Gasteiger partial charge in [0, 0.05) is 31.2 Å². The van der Waals surface area contributed by atoms with E-state index in [1.54, 1.807) is 0 Å². The summed E-state index contributed by atoms with van der Waals surface area (Å²) in [6, 6.07) is 2.14. The van der Waals surface area contributed by atoms with Crippen molar-refractivity contribution < 1.29 is 0 Å². The molecule has 1 fully saturated rings. The molecule has 0 radical (unpaired) electrons. The first-order valence-corrected chi connectivity index (χ1v) is 6.61. The van der Waals surface area contributed by atoms with Gasteiger partial charge in [-0.2, -0.15) is 0 Å². The molecule has 3 nitrogen and oxygen atoms in total. The van der Waals surface area contributed by atoms with Crippen LogP contribution in [0.5, 0.6) is 0 Å². The summed E-state index contributed by atoms with van der Waals surface area (Å²) in [5.74, 6) is 0.904. The van der Waals surface area contributed by atoms with Gasteiger partial charge in [-0.15, -0.1) is 0 Å². The molecule has 0 aliphatic carbocycles. The Hall–Kier alpha value is -1.09. The molecular formula is C14H23N3. The number of pyridine rings is 1. The predicted octanol–water partition coefficient (Wildman–Crippen LogP) is 2.22. The van der Waals surface area contributed by atoms with Crippen LogP contribution in [0.15, 0.2) is 18.5 Å². The number of nitrogens with one attached hydrogen (secondary N) is 1. The second-order valence-corrected chi connectivity index (χ2v) is 4.98. The van der Waals surface area contributed by atoms with E-state index in [-0.39, 0.29) is 0 Å². The highest BCUT2D eigenvalue weighted by Gasteiger charge is 2.19. The Morgan fingerprint density at radius 3 is 2.82 bits per heavy atom. The lowest BCUT2D eigenvalue weighted by atomic mass is 9.93. The third-order valence-corrected chi connectivity index (χ3v) is 3.75. The first-order chi connectivity index (χ1) is 8.31. The minimum absolute atomic E-state index is 0.904. The summed E-state index contributed by atoms with van der Waals surface area (Å²) in [5, 5.41) is 3.25. The molecule has 1 aliphatic rings. The third-order valence-electron chi connectivity index (χ3n) is 3.75. The van der Waals surface area contributed by atoms with E-state index < -0.39 is 0 Å². The maximum absolute atomic E-state index is 4.16. The fourth-order valence-electron chi connectivity index (χ4n) is 2.63. The maximum Gasteiger partial charge on any atom is 0.0426 e. The lowest BCUT2D eigenvalue weighted by Crippen LogP contribution is -2.34. The van der Waals surface area contributed by atoms with E-state index in [0.29, 0.717) is 0 Å². The molecule has 94 valence electrons. The zero-order valence-electron chi connectivity index (χ0n) is 10.9. The zero-order chi connectivity index (χ0) is 12.1. The lowest BCUT2D eigenvalue weighted by molar-refractivity contribution is 0.378. The molecule has 0 spiro atoms. The highest BCUT2D eigenvalue weighted by atomic mass is 15.1. The fraction of sp³-hybridized carbons (Fsp3) is 0.643. The SMILES string of the molecule is CNCCC1CCN(c2ccncc2C)CC1. The van der Waals surface area contributed by atoms with Crippen molar-refractivity contribution in [1.29, 1.82) is 0 Å². The number of aromatic nitrogens is 1. The summed E-state index contributed by atoms with van der Waals surface area (Å²) in [4.78, 5) is 6.67. The Morgan fingerprint density at radius 2 is 2.18 bits per heavy atom. The molecule has 0 bridgehead atoms. The Labute approximate surface area is 104 Å². The van der Waals surface area contributed by atoms with Gasteiger partial charge in [-0.3, -0.25) is 4.98 Å². The number of piperidine rings is 1. The van der Waals surface area contributed by atoms with Crippen molar-refractivity contribution in [1.82, 2.24) is 10.3 Å². The van der Waals surface area contributed by atoms with Crippen LogP contribution in [-0.4, -0.2) is 31.7 Å². The van der Waals surface area contributed by atoms with Gasteiger partial charge in [-0.25, -0.2) is 0 Å². The summed E-state index contributed by atoms with van der Waals surface area (Å²) < 4.78 is 0. The Balaban J connectivity index is 1.89. The van der Waals surface area contributed by atoms with Crippen LogP contribution in [0.4, 0.5) is 5.69 Å². The Morgan fingerprint density at radius 1 is 1.41 bits per heavy atom. The van der Waals surface area contributed by atoms with Gasteiger partial charge >= 0.3 is 0 Å². The van der Waals surface area contributed by atoms with Crippen molar-refractivity contribution in [3.63, 3.8) is 0 Å². The van der Waals surface area contributed by atoms with Gasteiger partial charge in [-0.1, -0.05) is 0 Å². The predicted molar refractivity (Wildman–Crippen MR) is 72.5 cm³/mol. The quantitative estimate of drug-likeness (QED) is 0.864. The van der Waals surface area contributed by atoms with Crippen LogP contribution >= 0.6 is 0 Å². The van der Waals surface area contributed by atoms with E-state index in [2.05, 4.69) is 28.2 Å². The highest BCUT2D eigenvalue weighted by molar-refractivity contribution is 5.51. The summed E-state index contributed by atoms with van der Waals surface area (Å²) in [6.45, 7) is 5.69. The fourth-order valence-corrected chi connectivity index (χ4v) is 2.63. The standard InChI is InChI=1S/C14H23N3/c1-12-11-16-8-4-14(12)17-9-5-13(6-10-17)3-7-15-2/h4,8,11,13,15H,3,5-7,9-10H2,1-2H3. The van der Waals surface area contributed by atoms with Crippen LogP contribution in [0.1, 0.15) is 24.8 Å². The van der Waals surface area contributed by atoms with Crippen molar-refractivity contribution >= 4 is 5.69 Å². The largest absolute Gasteiger partial charge is 0.371 e. The van der Waals surface area contributed by atoms with Crippen LogP contribution in [0.25, 0.3) is 0 Å². The second-order valence-electron chi connectivity index (χ2n) is 4.98. The number of nitrogens with zero attached hydrogens (tertiary/aromatic N) is 2. The van der Waals surface area contributed by atoms with E-state index in [1.165, 1.54) is 43.6 Å². The molecule has 1 N–H and O–H groups in total. The zero-order valence-corrected chi connectivity index (χ0v) is 10.9. The smallest absolute Gasteiger partial charge is 0.0426 e. The molecular weight excluding hydrogens is 210 g/mol. The van der Waals surface area contributed by atoms with Crippen LogP contribution in [-0.2, 0) is 0 Å². The van der Waals surface area contributed by atoms with E-state index in [0.717, 1.165) is 12.5 Å². The average Bonchev–Trinajstić information content (AvgIpc) is 2.38. The summed E-state index contributed by atoms with van der Waals surface area (Å²) >= 11 is 0. The van der Waals surface area contributed by atoms with E-state index >= 15 is 0 Å². The van der Waals surface area contributed by atoms with Gasteiger partial charge in [0.25, 0.3) is 0 Å². The molecule has 1 aromatic rings. The lowest BCUT2D eigenvalue weighted by Gasteiger charge is -2.34. The third kappa shape index (κ3) is 3.19. The summed E-state index contributed by atoms with van der Waals surface area (Å²) in [7, 11) is 2.04. The summed E-state index contributed by atoms with van der Waals surface area (Å²) in [6.07, 6.45) is 7.82. The molecule has 0 atom stereocenters. The Kier molecular flexibility index (Phi) is 4.37. The molecule has 1 aromatic heterocycles. The van der Waals surface area contributed by atoms with Crippen LogP contribution in [0.2, 0.25) is 0 Å². The average molecular weight is 233 g/mol. The number of rotatable bonds is 4. The van der Waals surface area contributed by atoms with Gasteiger partial charge in [0.05, 0.1) is 0 Å². The minimum atomic E-state index is 0.904. The molecule has 0 saturated carbocycles. The van der Waals surface area contributed by atoms with Crippen LogP contribution < -0.4 is 10.2 Å². The Bertz CT molecular complexity index is 343. The number of hydrogen-bond donors (Lipinski definition) is 1. The van der Waals surface area contributed by atoms with Gasteiger partial charge in [0.1, 0.15) is 0 Å². The summed E-state index contributed by atoms with van der Waals surface area (Å²) in [5.41, 5.74) is 2.66. The van der Waals surface area contributed by atoms with Gasteiger partial charge < -0.3 is 10.2 Å². The number of aryl methyl sites for hydroxylation is 1. The molecule has 3 heteroatoms. The molecule has 1 aliphatic heterocycles. The molecule has 2 heterocycles. The van der Waals surface area contributed by atoms with E-state index in [4.69, 9.17) is 0 Å². The maximum atomic E-state index is 4.16. The van der Waals surface area contributed by atoms with Gasteiger partial charge in [0.2, 0.25) is 0 Å². The van der Waals surface area contributed by atoms with Crippen molar-refractivity contribution in [2.75, 3.05) is 31.6 Å². The van der Waals surface area contributed by atoms with Crippen LogP contribution in [0.3, 0.4) is 0 Å². The van der Waals surface area contributed by atoms with Crippen molar-refractivity contribution in [2.24, 2.45) is 5.92 Å². The monoisotopic (exact) mass is 233 g/mol. The molecule has 0 aromatic carbocycles. The first-order valence-electron chi connectivity index (χ1n) is 6.61. The van der Waals surface area contributed by atoms with Gasteiger partial charge in [-0.05, 0) is 57.3 Å². The van der Waals surface area contributed by atoms with Crippen molar-refractivity contribution in [3.05, 3.63) is 24.0 Å². The molecule has 2 rings (SSSR count). The molecule has 0 unspecified atom stereocenters. The molecule has 1 saturated heterocycles. The number of anilines is 1. The normalized spacial score (nSPS) is 17.4. The van der Waals surface area contributed by atoms with Gasteiger partial charge in [0.15, 0.2) is 0 Å². The van der Waals surface area contributed by atoms with E-state index in [1.807, 2.05) is 19.4 Å².